The summed E-state index contributed by atoms with van der Waals surface area (Å²) >= 11 is 5.98. The maximum Gasteiger partial charge on any atom is 0.322 e. The summed E-state index contributed by atoms with van der Waals surface area (Å²) in [4.78, 5) is 14.8. The molecule has 5 nitrogen and oxygen atoms in total. The van der Waals surface area contributed by atoms with Gasteiger partial charge in [-0.2, -0.15) is 15.0 Å². The van der Waals surface area contributed by atoms with Gasteiger partial charge in [-0.05, 0) is 37.3 Å². The Kier molecular flexibility index (Phi) is 7.00. The van der Waals surface area contributed by atoms with Gasteiger partial charge in [0.05, 0.1) is 6.61 Å². The van der Waals surface area contributed by atoms with Crippen LogP contribution < -0.4 is 9.64 Å². The predicted octanol–water partition coefficient (Wildman–Crippen LogP) is 3.86. The quantitative estimate of drug-likeness (QED) is 0.682. The van der Waals surface area contributed by atoms with Gasteiger partial charge < -0.3 is 9.64 Å². The number of unbranched alkanes of at least 4 members (excludes halogenated alkanes) is 4. The van der Waals surface area contributed by atoms with Crippen molar-refractivity contribution in [3.63, 3.8) is 0 Å². The van der Waals surface area contributed by atoms with E-state index < -0.39 is 0 Å². The highest BCUT2D eigenvalue weighted by Gasteiger charge is 2.16. The third-order valence-electron chi connectivity index (χ3n) is 3.69. The van der Waals surface area contributed by atoms with Gasteiger partial charge >= 0.3 is 6.01 Å². The van der Waals surface area contributed by atoms with Crippen molar-refractivity contribution in [3.05, 3.63) is 5.28 Å². The largest absolute Gasteiger partial charge is 0.463 e. The van der Waals surface area contributed by atoms with E-state index in [1.807, 2.05) is 0 Å². The first-order valence-electron chi connectivity index (χ1n) is 8.09. The minimum Gasteiger partial charge on any atom is -0.463 e. The molecule has 0 aliphatic carbocycles. The molecular weight excluding hydrogens is 288 g/mol. The third-order valence-corrected chi connectivity index (χ3v) is 3.86. The van der Waals surface area contributed by atoms with Gasteiger partial charge in [-0.1, -0.05) is 32.6 Å². The van der Waals surface area contributed by atoms with Crippen LogP contribution in [0, 0.1) is 0 Å². The predicted molar refractivity (Wildman–Crippen MR) is 85.2 cm³/mol. The fourth-order valence-corrected chi connectivity index (χ4v) is 2.64. The van der Waals surface area contributed by atoms with Crippen LogP contribution in [0.4, 0.5) is 5.95 Å². The van der Waals surface area contributed by atoms with E-state index in [0.717, 1.165) is 19.5 Å². The number of piperidine rings is 1. The maximum atomic E-state index is 5.98. The lowest BCUT2D eigenvalue weighted by Crippen LogP contribution is -2.31. The summed E-state index contributed by atoms with van der Waals surface area (Å²) in [5, 5.41) is 0.214. The van der Waals surface area contributed by atoms with Crippen LogP contribution in [-0.4, -0.2) is 34.6 Å². The van der Waals surface area contributed by atoms with Crippen molar-refractivity contribution in [2.75, 3.05) is 24.6 Å². The van der Waals surface area contributed by atoms with Crippen molar-refractivity contribution in [3.8, 4) is 6.01 Å². The van der Waals surface area contributed by atoms with E-state index in [4.69, 9.17) is 16.3 Å². The molecule has 1 aliphatic heterocycles. The molecule has 1 aromatic heterocycles. The number of ether oxygens (including phenoxy) is 1. The monoisotopic (exact) mass is 312 g/mol. The van der Waals surface area contributed by atoms with Crippen LogP contribution in [-0.2, 0) is 0 Å². The first-order valence-corrected chi connectivity index (χ1v) is 8.46. The van der Waals surface area contributed by atoms with Crippen LogP contribution in [0.5, 0.6) is 6.01 Å². The third kappa shape index (κ3) is 5.65. The highest BCUT2D eigenvalue weighted by molar-refractivity contribution is 6.28. The maximum absolute atomic E-state index is 5.98. The Balaban J connectivity index is 1.83. The summed E-state index contributed by atoms with van der Waals surface area (Å²) in [6.07, 6.45) is 9.65. The molecule has 0 atom stereocenters. The molecule has 0 saturated carbocycles. The highest BCUT2D eigenvalue weighted by atomic mass is 35.5. The lowest BCUT2D eigenvalue weighted by atomic mass is 10.1. The van der Waals surface area contributed by atoms with Gasteiger partial charge in [0.15, 0.2) is 0 Å². The van der Waals surface area contributed by atoms with Crippen molar-refractivity contribution in [2.45, 2.75) is 58.3 Å². The van der Waals surface area contributed by atoms with E-state index in [1.165, 1.54) is 44.9 Å². The molecule has 0 N–H and O–H groups in total. The van der Waals surface area contributed by atoms with E-state index >= 15 is 0 Å². The summed E-state index contributed by atoms with van der Waals surface area (Å²) in [5.74, 6) is 0.649. The number of anilines is 1. The molecule has 0 radical (unpaired) electrons. The van der Waals surface area contributed by atoms with E-state index in [2.05, 4.69) is 26.8 Å². The van der Waals surface area contributed by atoms with E-state index in [-0.39, 0.29) is 5.28 Å². The SMILES string of the molecule is CCCCCCCOc1nc(Cl)nc(N2CCCCC2)n1. The average molecular weight is 313 g/mol. The summed E-state index contributed by atoms with van der Waals surface area (Å²) in [6, 6.07) is 0.353. The van der Waals surface area contributed by atoms with E-state index in [1.54, 1.807) is 0 Å². The Bertz CT molecular complexity index is 424. The summed E-state index contributed by atoms with van der Waals surface area (Å²) < 4.78 is 5.63. The standard InChI is InChI=1S/C15H25ClN4O/c1-2-3-4-5-9-12-21-15-18-13(16)17-14(19-15)20-10-7-6-8-11-20/h2-12H2,1H3. The van der Waals surface area contributed by atoms with Crippen LogP contribution in [0.3, 0.4) is 0 Å². The zero-order valence-corrected chi connectivity index (χ0v) is 13.6. The Morgan fingerprint density at radius 1 is 1.00 bits per heavy atom. The van der Waals surface area contributed by atoms with Crippen molar-refractivity contribution < 1.29 is 4.74 Å². The zero-order valence-electron chi connectivity index (χ0n) is 12.9. The van der Waals surface area contributed by atoms with Gasteiger partial charge in [-0.3, -0.25) is 0 Å². The molecule has 1 aliphatic rings. The molecule has 0 bridgehead atoms. The number of rotatable bonds is 8. The van der Waals surface area contributed by atoms with Gasteiger partial charge in [0.1, 0.15) is 0 Å². The number of aromatic nitrogens is 3. The van der Waals surface area contributed by atoms with Crippen molar-refractivity contribution in [1.29, 1.82) is 0 Å². The molecule has 6 heteroatoms. The molecule has 1 aromatic rings. The average Bonchev–Trinajstić information content (AvgIpc) is 2.51. The van der Waals surface area contributed by atoms with Gasteiger partial charge in [0.2, 0.25) is 11.2 Å². The zero-order chi connectivity index (χ0) is 14.9. The van der Waals surface area contributed by atoms with Crippen molar-refractivity contribution >= 4 is 17.5 Å². The Morgan fingerprint density at radius 3 is 2.52 bits per heavy atom. The van der Waals surface area contributed by atoms with Crippen LogP contribution in [0.25, 0.3) is 0 Å². The Hall–Kier alpha value is -1.10. The lowest BCUT2D eigenvalue weighted by molar-refractivity contribution is 0.280. The molecule has 2 rings (SSSR count). The van der Waals surface area contributed by atoms with Crippen molar-refractivity contribution in [1.82, 2.24) is 15.0 Å². The van der Waals surface area contributed by atoms with Crippen molar-refractivity contribution in [2.24, 2.45) is 0 Å². The number of hydrogen-bond acceptors (Lipinski definition) is 5. The van der Waals surface area contributed by atoms with Gasteiger partial charge in [0, 0.05) is 13.1 Å². The summed E-state index contributed by atoms with van der Waals surface area (Å²) in [5.41, 5.74) is 0. The lowest BCUT2D eigenvalue weighted by Gasteiger charge is -2.26. The Morgan fingerprint density at radius 2 is 1.76 bits per heavy atom. The topological polar surface area (TPSA) is 51.1 Å². The van der Waals surface area contributed by atoms with Gasteiger partial charge in [-0.25, -0.2) is 0 Å². The molecule has 1 fully saturated rings. The molecule has 0 amide bonds. The molecule has 2 heterocycles. The van der Waals surface area contributed by atoms with Gasteiger partial charge in [-0.15, -0.1) is 0 Å². The molecular formula is C15H25ClN4O. The second kappa shape index (κ2) is 9.03. The van der Waals surface area contributed by atoms with E-state index in [0.29, 0.717) is 18.6 Å². The first-order chi connectivity index (χ1) is 10.3. The Labute approximate surface area is 132 Å². The van der Waals surface area contributed by atoms with Crippen LogP contribution >= 0.6 is 11.6 Å². The summed E-state index contributed by atoms with van der Waals surface area (Å²) in [7, 11) is 0. The minimum absolute atomic E-state index is 0.214. The number of hydrogen-bond donors (Lipinski definition) is 0. The smallest absolute Gasteiger partial charge is 0.322 e. The normalized spacial score (nSPS) is 15.2. The molecule has 0 unspecified atom stereocenters. The molecule has 1 saturated heterocycles. The second-order valence-electron chi connectivity index (χ2n) is 5.50. The summed E-state index contributed by atoms with van der Waals surface area (Å²) in [6.45, 7) is 4.82. The van der Waals surface area contributed by atoms with Crippen LogP contribution in [0.1, 0.15) is 58.3 Å². The molecule has 0 spiro atoms. The molecule has 118 valence electrons. The minimum atomic E-state index is 0.214. The fourth-order valence-electron chi connectivity index (χ4n) is 2.49. The molecule has 0 aromatic carbocycles. The first kappa shape index (κ1) is 16.3. The van der Waals surface area contributed by atoms with E-state index in [9.17, 15) is 0 Å². The number of halogens is 1. The van der Waals surface area contributed by atoms with Gasteiger partial charge in [0.25, 0.3) is 0 Å². The molecule has 21 heavy (non-hydrogen) atoms. The second-order valence-corrected chi connectivity index (χ2v) is 5.84. The van der Waals surface area contributed by atoms with Crippen LogP contribution in [0.15, 0.2) is 0 Å². The fraction of sp³-hybridized carbons (Fsp3) is 0.800. The van der Waals surface area contributed by atoms with Crippen LogP contribution in [0.2, 0.25) is 5.28 Å². The number of nitrogens with zero attached hydrogens (tertiary/aromatic N) is 4. The highest BCUT2D eigenvalue weighted by Crippen LogP contribution is 2.19.